The molecule has 1 amide bonds. The molecule has 0 aliphatic carbocycles. The summed E-state index contributed by atoms with van der Waals surface area (Å²) in [6.07, 6.45) is 2.06. The number of nitrogens with two attached hydrogens (primary N) is 1. The van der Waals surface area contributed by atoms with E-state index in [1.165, 1.54) is 12.3 Å². The number of anilines is 1. The van der Waals surface area contributed by atoms with E-state index >= 15 is 0 Å². The summed E-state index contributed by atoms with van der Waals surface area (Å²) in [5.74, 6) is -0.840. The van der Waals surface area contributed by atoms with Gasteiger partial charge in [0.25, 0.3) is 5.91 Å². The summed E-state index contributed by atoms with van der Waals surface area (Å²) in [6.45, 7) is 6.40. The van der Waals surface area contributed by atoms with Gasteiger partial charge in [-0.3, -0.25) is 4.79 Å². The Morgan fingerprint density at radius 2 is 2.18 bits per heavy atom. The molecule has 3 N–H and O–H groups in total. The first-order chi connectivity index (χ1) is 10.3. The molecule has 0 saturated carbocycles. The Morgan fingerprint density at radius 1 is 1.45 bits per heavy atom. The fraction of sp³-hybridized carbons (Fsp3) is 0.533. The molecule has 0 radical (unpaired) electrons. The molecule has 2 rings (SSSR count). The molecule has 1 unspecified atom stereocenters. The molecule has 0 aromatic carbocycles. The summed E-state index contributed by atoms with van der Waals surface area (Å²) in [7, 11) is 0. The molecule has 1 aliphatic heterocycles. The second kappa shape index (κ2) is 6.31. The average Bonchev–Trinajstić information content (AvgIpc) is 2.89. The molecule has 7 nitrogen and oxygen atoms in total. The number of aromatic nitrogens is 1. The number of hydrogen-bond acceptors (Lipinski definition) is 6. The molecule has 7 heteroatoms. The maximum absolute atomic E-state index is 12.2. The van der Waals surface area contributed by atoms with Crippen molar-refractivity contribution in [1.82, 2.24) is 10.3 Å². The lowest BCUT2D eigenvalue weighted by Gasteiger charge is -2.19. The van der Waals surface area contributed by atoms with Gasteiger partial charge in [0.1, 0.15) is 11.4 Å². The van der Waals surface area contributed by atoms with Crippen molar-refractivity contribution >= 4 is 17.7 Å². The van der Waals surface area contributed by atoms with Crippen LogP contribution in [0.3, 0.4) is 0 Å². The van der Waals surface area contributed by atoms with Crippen LogP contribution in [0.5, 0.6) is 0 Å². The zero-order valence-corrected chi connectivity index (χ0v) is 13.0. The Kier molecular flexibility index (Phi) is 4.65. The normalized spacial score (nSPS) is 18.0. The minimum atomic E-state index is -0.623. The Labute approximate surface area is 129 Å². The first kappa shape index (κ1) is 16.2. The molecule has 120 valence electrons. The van der Waals surface area contributed by atoms with E-state index in [1.807, 2.05) is 0 Å². The second-order valence-corrected chi connectivity index (χ2v) is 6.19. The number of nitrogens with one attached hydrogen (secondary N) is 1. The molecule has 2 heterocycles. The van der Waals surface area contributed by atoms with E-state index in [9.17, 15) is 9.59 Å². The summed E-state index contributed by atoms with van der Waals surface area (Å²) in [4.78, 5) is 28.2. The van der Waals surface area contributed by atoms with Gasteiger partial charge in [-0.25, -0.2) is 9.78 Å². The number of nitrogen functional groups attached to an aromatic ring is 1. The van der Waals surface area contributed by atoms with Crippen molar-refractivity contribution in [1.29, 1.82) is 0 Å². The smallest absolute Gasteiger partial charge is 0.340 e. The van der Waals surface area contributed by atoms with Gasteiger partial charge in [-0.2, -0.15) is 0 Å². The molecule has 1 atom stereocenters. The van der Waals surface area contributed by atoms with Crippen LogP contribution in [-0.2, 0) is 9.47 Å². The van der Waals surface area contributed by atoms with E-state index in [4.69, 9.17) is 15.2 Å². The van der Waals surface area contributed by atoms with Gasteiger partial charge in [-0.1, -0.05) is 0 Å². The van der Waals surface area contributed by atoms with E-state index in [2.05, 4.69) is 10.3 Å². The third-order valence-corrected chi connectivity index (χ3v) is 3.06. The monoisotopic (exact) mass is 307 g/mol. The van der Waals surface area contributed by atoms with Crippen LogP contribution >= 0.6 is 0 Å². The topological polar surface area (TPSA) is 104 Å². The van der Waals surface area contributed by atoms with E-state index in [-0.39, 0.29) is 28.9 Å². The van der Waals surface area contributed by atoms with Crippen LogP contribution in [0.2, 0.25) is 0 Å². The standard InChI is InChI=1S/C15H21N3O4/c1-15(2,3)22-14(20)9-6-11(12(16)17-7-9)13(19)18-10-4-5-21-8-10/h6-7,10H,4-5,8H2,1-3H3,(H2,16,17)(H,18,19). The predicted octanol–water partition coefficient (Wildman–Crippen LogP) is 1.14. The molecule has 0 spiro atoms. The summed E-state index contributed by atoms with van der Waals surface area (Å²) in [6, 6.07) is 1.36. The Balaban J connectivity index is 2.15. The third kappa shape index (κ3) is 4.17. The highest BCUT2D eigenvalue weighted by molar-refractivity contribution is 6.01. The van der Waals surface area contributed by atoms with Gasteiger partial charge in [0.15, 0.2) is 0 Å². The Morgan fingerprint density at radius 3 is 2.77 bits per heavy atom. The number of carbonyl (C=O) groups is 2. The van der Waals surface area contributed by atoms with Crippen LogP contribution in [0.4, 0.5) is 5.82 Å². The summed E-state index contributed by atoms with van der Waals surface area (Å²) >= 11 is 0. The number of carbonyl (C=O) groups excluding carboxylic acids is 2. The predicted molar refractivity (Wildman–Crippen MR) is 80.5 cm³/mol. The molecular weight excluding hydrogens is 286 g/mol. The summed E-state index contributed by atoms with van der Waals surface area (Å²) in [5, 5.41) is 2.81. The van der Waals surface area contributed by atoms with Gasteiger partial charge in [-0.15, -0.1) is 0 Å². The lowest BCUT2D eigenvalue weighted by Crippen LogP contribution is -2.35. The molecular formula is C15H21N3O4. The van der Waals surface area contributed by atoms with Crippen LogP contribution in [0, 0.1) is 0 Å². The highest BCUT2D eigenvalue weighted by Crippen LogP contribution is 2.16. The van der Waals surface area contributed by atoms with Gasteiger partial charge in [0.05, 0.1) is 23.8 Å². The van der Waals surface area contributed by atoms with Gasteiger partial charge < -0.3 is 20.5 Å². The summed E-state index contributed by atoms with van der Waals surface area (Å²) < 4.78 is 10.5. The molecule has 1 aromatic heterocycles. The Hall–Kier alpha value is -2.15. The minimum absolute atomic E-state index is 0.0444. The van der Waals surface area contributed by atoms with Gasteiger partial charge in [0, 0.05) is 12.8 Å². The first-order valence-corrected chi connectivity index (χ1v) is 7.14. The summed E-state index contributed by atoms with van der Waals surface area (Å²) in [5.41, 5.74) is 5.47. The van der Waals surface area contributed by atoms with Crippen molar-refractivity contribution in [3.63, 3.8) is 0 Å². The van der Waals surface area contributed by atoms with Gasteiger partial charge >= 0.3 is 5.97 Å². The number of amides is 1. The fourth-order valence-corrected chi connectivity index (χ4v) is 2.02. The largest absolute Gasteiger partial charge is 0.456 e. The van der Waals surface area contributed by atoms with E-state index < -0.39 is 11.6 Å². The SMILES string of the molecule is CC(C)(C)OC(=O)c1cnc(N)c(C(=O)NC2CCOC2)c1. The molecule has 0 bridgehead atoms. The van der Waals surface area contributed by atoms with E-state index in [0.717, 1.165) is 6.42 Å². The van der Waals surface area contributed by atoms with Crippen LogP contribution < -0.4 is 11.1 Å². The van der Waals surface area contributed by atoms with Crippen molar-refractivity contribution in [3.8, 4) is 0 Å². The van der Waals surface area contributed by atoms with Gasteiger partial charge in [-0.05, 0) is 33.3 Å². The minimum Gasteiger partial charge on any atom is -0.456 e. The van der Waals surface area contributed by atoms with Crippen LogP contribution in [0.1, 0.15) is 47.9 Å². The number of rotatable bonds is 3. The maximum atomic E-state index is 12.2. The number of ether oxygens (including phenoxy) is 2. The van der Waals surface area contributed by atoms with Crippen molar-refractivity contribution in [2.24, 2.45) is 0 Å². The molecule has 1 aliphatic rings. The lowest BCUT2D eigenvalue weighted by molar-refractivity contribution is 0.00691. The number of esters is 1. The second-order valence-electron chi connectivity index (χ2n) is 6.19. The highest BCUT2D eigenvalue weighted by Gasteiger charge is 2.23. The van der Waals surface area contributed by atoms with Crippen LogP contribution in [0.15, 0.2) is 12.3 Å². The van der Waals surface area contributed by atoms with E-state index in [1.54, 1.807) is 20.8 Å². The number of hydrogen-bond donors (Lipinski definition) is 2. The van der Waals surface area contributed by atoms with Crippen LogP contribution in [-0.4, -0.2) is 41.7 Å². The first-order valence-electron chi connectivity index (χ1n) is 7.14. The highest BCUT2D eigenvalue weighted by atomic mass is 16.6. The molecule has 1 aromatic rings. The molecule has 1 fully saturated rings. The maximum Gasteiger partial charge on any atom is 0.340 e. The molecule has 22 heavy (non-hydrogen) atoms. The lowest BCUT2D eigenvalue weighted by atomic mass is 10.1. The fourth-order valence-electron chi connectivity index (χ4n) is 2.02. The Bertz CT molecular complexity index is 575. The van der Waals surface area contributed by atoms with Crippen molar-refractivity contribution in [3.05, 3.63) is 23.4 Å². The quantitative estimate of drug-likeness (QED) is 0.812. The van der Waals surface area contributed by atoms with Gasteiger partial charge in [0.2, 0.25) is 0 Å². The van der Waals surface area contributed by atoms with Crippen molar-refractivity contribution in [2.75, 3.05) is 18.9 Å². The zero-order valence-electron chi connectivity index (χ0n) is 13.0. The third-order valence-electron chi connectivity index (χ3n) is 3.06. The number of nitrogens with zero attached hydrogens (tertiary/aromatic N) is 1. The molecule has 1 saturated heterocycles. The zero-order chi connectivity index (χ0) is 16.3. The van der Waals surface area contributed by atoms with Crippen molar-refractivity contribution in [2.45, 2.75) is 38.8 Å². The van der Waals surface area contributed by atoms with E-state index in [0.29, 0.717) is 13.2 Å². The van der Waals surface area contributed by atoms with Crippen LogP contribution in [0.25, 0.3) is 0 Å². The average molecular weight is 307 g/mol. The van der Waals surface area contributed by atoms with Crippen molar-refractivity contribution < 1.29 is 19.1 Å². The number of pyridine rings is 1.